The van der Waals surface area contributed by atoms with Crippen LogP contribution in [0, 0.1) is 11.3 Å². The van der Waals surface area contributed by atoms with E-state index in [1.54, 1.807) is 0 Å². The van der Waals surface area contributed by atoms with Crippen LogP contribution in [0.1, 0.15) is 59.3 Å². The Kier molecular flexibility index (Phi) is 6.85. The molecule has 0 rings (SSSR count). The van der Waals surface area contributed by atoms with Gasteiger partial charge in [-0.3, -0.25) is 9.59 Å². The van der Waals surface area contributed by atoms with Crippen molar-refractivity contribution in [3.63, 3.8) is 0 Å². The Morgan fingerprint density at radius 1 is 1.06 bits per heavy atom. The summed E-state index contributed by atoms with van der Waals surface area (Å²) < 4.78 is 0. The first-order chi connectivity index (χ1) is 7.92. The van der Waals surface area contributed by atoms with E-state index in [4.69, 9.17) is 5.11 Å². The van der Waals surface area contributed by atoms with E-state index < -0.39 is 23.3 Å². The summed E-state index contributed by atoms with van der Waals surface area (Å²) >= 11 is 0. The average Bonchev–Trinajstić information content (AvgIpc) is 2.28. The number of carboxylic acids is 2. The summed E-state index contributed by atoms with van der Waals surface area (Å²) in [5.41, 5.74) is -1.10. The largest absolute Gasteiger partial charge is 0.481 e. The van der Waals surface area contributed by atoms with Crippen molar-refractivity contribution in [3.05, 3.63) is 0 Å². The van der Waals surface area contributed by atoms with Crippen molar-refractivity contribution in [3.8, 4) is 0 Å². The second kappa shape index (κ2) is 7.30. The van der Waals surface area contributed by atoms with E-state index in [2.05, 4.69) is 0 Å². The van der Waals surface area contributed by atoms with Gasteiger partial charge in [0, 0.05) is 0 Å². The molecule has 0 aromatic heterocycles. The molecule has 0 radical (unpaired) electrons. The van der Waals surface area contributed by atoms with Crippen LogP contribution < -0.4 is 0 Å². The van der Waals surface area contributed by atoms with Crippen LogP contribution in [0.4, 0.5) is 0 Å². The first kappa shape index (κ1) is 15.9. The van der Waals surface area contributed by atoms with Gasteiger partial charge in [0.25, 0.3) is 0 Å². The van der Waals surface area contributed by atoms with Crippen LogP contribution >= 0.6 is 0 Å². The smallest absolute Gasteiger partial charge is 0.310 e. The number of aliphatic carboxylic acids is 2. The van der Waals surface area contributed by atoms with Gasteiger partial charge in [0.1, 0.15) is 0 Å². The Hall–Kier alpha value is -1.06. The Morgan fingerprint density at radius 3 is 1.71 bits per heavy atom. The Morgan fingerprint density at radius 2 is 1.47 bits per heavy atom. The van der Waals surface area contributed by atoms with Crippen molar-refractivity contribution >= 4 is 11.9 Å². The molecule has 0 bridgehead atoms. The summed E-state index contributed by atoms with van der Waals surface area (Å²) in [4.78, 5) is 22.6. The highest BCUT2D eigenvalue weighted by atomic mass is 16.4. The number of rotatable bonds is 9. The molecule has 4 nitrogen and oxygen atoms in total. The molecule has 0 aliphatic rings. The molecular formula is C13H24O4. The van der Waals surface area contributed by atoms with Gasteiger partial charge in [0.15, 0.2) is 0 Å². The van der Waals surface area contributed by atoms with Crippen molar-refractivity contribution < 1.29 is 19.8 Å². The van der Waals surface area contributed by atoms with Gasteiger partial charge in [0.05, 0.1) is 11.3 Å². The van der Waals surface area contributed by atoms with E-state index in [0.717, 1.165) is 25.7 Å². The molecule has 0 aromatic rings. The number of hydrogen-bond acceptors (Lipinski definition) is 2. The van der Waals surface area contributed by atoms with Crippen LogP contribution in [-0.2, 0) is 9.59 Å². The zero-order chi connectivity index (χ0) is 13.5. The molecule has 0 aliphatic heterocycles. The molecule has 100 valence electrons. The summed E-state index contributed by atoms with van der Waals surface area (Å²) in [5.74, 6) is -2.81. The molecule has 1 unspecified atom stereocenters. The molecule has 4 heteroatoms. The van der Waals surface area contributed by atoms with Crippen LogP contribution in [0.15, 0.2) is 0 Å². The zero-order valence-electron chi connectivity index (χ0n) is 11.0. The van der Waals surface area contributed by atoms with Gasteiger partial charge in [-0.05, 0) is 12.8 Å². The van der Waals surface area contributed by atoms with E-state index >= 15 is 0 Å². The van der Waals surface area contributed by atoms with Crippen molar-refractivity contribution in [2.24, 2.45) is 11.3 Å². The molecule has 0 saturated heterocycles. The third-order valence-electron chi connectivity index (χ3n) is 3.58. The Bertz CT molecular complexity index is 252. The van der Waals surface area contributed by atoms with Gasteiger partial charge in [-0.1, -0.05) is 46.5 Å². The molecule has 0 spiro atoms. The third-order valence-corrected chi connectivity index (χ3v) is 3.58. The number of hydrogen-bond donors (Lipinski definition) is 2. The number of carboxylic acid groups (broad SMARTS) is 2. The lowest BCUT2D eigenvalue weighted by atomic mass is 9.69. The second-order valence-electron chi connectivity index (χ2n) is 4.73. The van der Waals surface area contributed by atoms with E-state index in [1.165, 1.54) is 6.92 Å². The van der Waals surface area contributed by atoms with Gasteiger partial charge < -0.3 is 10.2 Å². The van der Waals surface area contributed by atoms with Crippen molar-refractivity contribution in [1.29, 1.82) is 0 Å². The number of carbonyl (C=O) groups is 2. The first-order valence-electron chi connectivity index (χ1n) is 6.38. The van der Waals surface area contributed by atoms with E-state index in [0.29, 0.717) is 12.8 Å². The van der Waals surface area contributed by atoms with Crippen molar-refractivity contribution in [2.45, 2.75) is 59.3 Å². The zero-order valence-corrected chi connectivity index (χ0v) is 11.0. The van der Waals surface area contributed by atoms with Crippen LogP contribution in [0.25, 0.3) is 0 Å². The van der Waals surface area contributed by atoms with Gasteiger partial charge >= 0.3 is 11.9 Å². The van der Waals surface area contributed by atoms with E-state index in [-0.39, 0.29) is 0 Å². The normalized spacial score (nSPS) is 13.4. The predicted molar refractivity (Wildman–Crippen MR) is 65.9 cm³/mol. The average molecular weight is 244 g/mol. The molecule has 17 heavy (non-hydrogen) atoms. The fraction of sp³-hybridized carbons (Fsp3) is 0.846. The summed E-state index contributed by atoms with van der Waals surface area (Å²) in [6.45, 7) is 5.48. The first-order valence-corrected chi connectivity index (χ1v) is 6.38. The second-order valence-corrected chi connectivity index (χ2v) is 4.73. The Balaban J connectivity index is 5.07. The van der Waals surface area contributed by atoms with Gasteiger partial charge in [-0.2, -0.15) is 0 Å². The van der Waals surface area contributed by atoms with E-state index in [1.807, 2.05) is 13.8 Å². The van der Waals surface area contributed by atoms with Gasteiger partial charge in [-0.15, -0.1) is 0 Å². The molecule has 0 aromatic carbocycles. The summed E-state index contributed by atoms with van der Waals surface area (Å²) in [6.07, 6.45) is 4.18. The minimum absolute atomic E-state index is 0.451. The molecule has 1 atom stereocenters. The van der Waals surface area contributed by atoms with Crippen LogP contribution in [0.5, 0.6) is 0 Å². The SMILES string of the molecule is CCCCC(CCCC)(C(=O)O)C(C)C(=O)O. The molecule has 0 fully saturated rings. The number of unbranched alkanes of at least 4 members (excludes halogenated alkanes) is 2. The lowest BCUT2D eigenvalue weighted by Crippen LogP contribution is -2.41. The topological polar surface area (TPSA) is 74.6 Å². The molecule has 0 aliphatic carbocycles. The molecule has 0 heterocycles. The monoisotopic (exact) mass is 244 g/mol. The van der Waals surface area contributed by atoms with Crippen LogP contribution in [0.2, 0.25) is 0 Å². The third kappa shape index (κ3) is 4.02. The highest BCUT2D eigenvalue weighted by Crippen LogP contribution is 2.39. The maximum Gasteiger partial charge on any atom is 0.310 e. The predicted octanol–water partition coefficient (Wildman–Crippen LogP) is 3.16. The molecular weight excluding hydrogens is 220 g/mol. The lowest BCUT2D eigenvalue weighted by molar-refractivity contribution is -0.163. The fourth-order valence-corrected chi connectivity index (χ4v) is 2.18. The maximum absolute atomic E-state index is 11.5. The van der Waals surface area contributed by atoms with Crippen LogP contribution in [0.3, 0.4) is 0 Å². The van der Waals surface area contributed by atoms with E-state index in [9.17, 15) is 14.7 Å². The molecule has 0 amide bonds. The van der Waals surface area contributed by atoms with Crippen molar-refractivity contribution in [2.75, 3.05) is 0 Å². The van der Waals surface area contributed by atoms with Crippen molar-refractivity contribution in [1.82, 2.24) is 0 Å². The Labute approximate surface area is 103 Å². The minimum Gasteiger partial charge on any atom is -0.481 e. The van der Waals surface area contributed by atoms with Gasteiger partial charge in [-0.25, -0.2) is 0 Å². The quantitative estimate of drug-likeness (QED) is 0.653. The lowest BCUT2D eigenvalue weighted by Gasteiger charge is -2.33. The standard InChI is InChI=1S/C13H24O4/c1-4-6-8-13(12(16)17,9-7-5-2)10(3)11(14)15/h10H,4-9H2,1-3H3,(H,14,15)(H,16,17). The summed E-state index contributed by atoms with van der Waals surface area (Å²) in [6, 6.07) is 0. The summed E-state index contributed by atoms with van der Waals surface area (Å²) in [7, 11) is 0. The molecule has 0 saturated carbocycles. The van der Waals surface area contributed by atoms with Crippen LogP contribution in [-0.4, -0.2) is 22.2 Å². The molecule has 2 N–H and O–H groups in total. The summed E-state index contributed by atoms with van der Waals surface area (Å²) in [5, 5.41) is 18.5. The maximum atomic E-state index is 11.5. The highest BCUT2D eigenvalue weighted by Gasteiger charge is 2.45. The minimum atomic E-state index is -1.10. The highest BCUT2D eigenvalue weighted by molar-refractivity contribution is 5.83. The fourth-order valence-electron chi connectivity index (χ4n) is 2.18. The van der Waals surface area contributed by atoms with Gasteiger partial charge in [0.2, 0.25) is 0 Å².